The van der Waals surface area contributed by atoms with Crippen LogP contribution in [0.15, 0.2) is 30.3 Å². The third-order valence-electron chi connectivity index (χ3n) is 4.02. The summed E-state index contributed by atoms with van der Waals surface area (Å²) in [4.78, 5) is 22.2. The molecule has 0 radical (unpaired) electrons. The number of aromatic nitrogens is 2. The SMILES string of the molecule is Cc1cc(C)n(CCC(=O)NC(CO)C(O)c2ccc([N+](=O)[O-])cc2)n1. The van der Waals surface area contributed by atoms with Crippen molar-refractivity contribution in [2.24, 2.45) is 0 Å². The zero-order chi connectivity index (χ0) is 19.3. The van der Waals surface area contributed by atoms with E-state index >= 15 is 0 Å². The third-order valence-corrected chi connectivity index (χ3v) is 4.02. The molecule has 0 aliphatic rings. The van der Waals surface area contributed by atoms with Gasteiger partial charge in [0.1, 0.15) is 6.10 Å². The van der Waals surface area contributed by atoms with Crippen LogP contribution in [-0.2, 0) is 11.3 Å². The molecule has 0 saturated carbocycles. The summed E-state index contributed by atoms with van der Waals surface area (Å²) in [6, 6.07) is 6.31. The maximum atomic E-state index is 12.1. The zero-order valence-corrected chi connectivity index (χ0v) is 14.6. The lowest BCUT2D eigenvalue weighted by molar-refractivity contribution is -0.384. The van der Waals surface area contributed by atoms with E-state index in [1.165, 1.54) is 24.3 Å². The van der Waals surface area contributed by atoms with E-state index in [-0.39, 0.29) is 18.0 Å². The number of hydrogen-bond acceptors (Lipinski definition) is 6. The molecular formula is C17H22N4O5. The standard InChI is InChI=1S/C17H22N4O5/c1-11-9-12(2)20(19-11)8-7-16(23)18-15(10-22)17(24)13-3-5-14(6-4-13)21(25)26/h3-6,9,15,17,22,24H,7-8,10H2,1-2H3,(H,18,23). The fraction of sp³-hybridized carbons (Fsp3) is 0.412. The number of benzene rings is 1. The van der Waals surface area contributed by atoms with Gasteiger partial charge in [0.2, 0.25) is 5.91 Å². The Labute approximate surface area is 150 Å². The van der Waals surface area contributed by atoms with Crippen LogP contribution < -0.4 is 5.32 Å². The Morgan fingerprint density at radius 1 is 1.35 bits per heavy atom. The number of carbonyl (C=O) groups excluding carboxylic acids is 1. The van der Waals surface area contributed by atoms with Crippen LogP contribution in [0.3, 0.4) is 0 Å². The molecule has 2 rings (SSSR count). The first-order chi connectivity index (χ1) is 12.3. The zero-order valence-electron chi connectivity index (χ0n) is 14.6. The topological polar surface area (TPSA) is 131 Å². The lowest BCUT2D eigenvalue weighted by Gasteiger charge is -2.22. The van der Waals surface area contributed by atoms with Crippen molar-refractivity contribution in [1.82, 2.24) is 15.1 Å². The van der Waals surface area contributed by atoms with Crippen LogP contribution in [-0.4, -0.2) is 43.5 Å². The molecule has 2 atom stereocenters. The molecule has 9 heteroatoms. The maximum Gasteiger partial charge on any atom is 0.269 e. The van der Waals surface area contributed by atoms with Gasteiger partial charge >= 0.3 is 0 Å². The van der Waals surface area contributed by atoms with Crippen molar-refractivity contribution < 1.29 is 19.9 Å². The van der Waals surface area contributed by atoms with Gasteiger partial charge in [-0.05, 0) is 37.6 Å². The van der Waals surface area contributed by atoms with Crippen LogP contribution in [0.2, 0.25) is 0 Å². The Morgan fingerprint density at radius 3 is 2.50 bits per heavy atom. The van der Waals surface area contributed by atoms with Crippen LogP contribution in [0.1, 0.15) is 29.5 Å². The smallest absolute Gasteiger partial charge is 0.269 e. The second-order valence-electron chi connectivity index (χ2n) is 6.05. The van der Waals surface area contributed by atoms with Gasteiger partial charge in [0.25, 0.3) is 5.69 Å². The summed E-state index contributed by atoms with van der Waals surface area (Å²) in [5.41, 5.74) is 2.08. The molecule has 9 nitrogen and oxygen atoms in total. The average molecular weight is 362 g/mol. The highest BCUT2D eigenvalue weighted by Crippen LogP contribution is 2.20. The predicted molar refractivity (Wildman–Crippen MR) is 93.4 cm³/mol. The Bertz CT molecular complexity index is 772. The molecule has 0 fully saturated rings. The summed E-state index contributed by atoms with van der Waals surface area (Å²) in [6.45, 7) is 3.68. The summed E-state index contributed by atoms with van der Waals surface area (Å²) < 4.78 is 1.72. The summed E-state index contributed by atoms with van der Waals surface area (Å²) in [7, 11) is 0. The number of nitro benzene ring substituents is 1. The molecule has 140 valence electrons. The molecule has 0 bridgehead atoms. The van der Waals surface area contributed by atoms with Gasteiger partial charge in [-0.2, -0.15) is 5.10 Å². The molecule has 1 aromatic heterocycles. The summed E-state index contributed by atoms with van der Waals surface area (Å²) in [6.07, 6.45) is -1.04. The monoisotopic (exact) mass is 362 g/mol. The number of nitrogens with zero attached hydrogens (tertiary/aromatic N) is 3. The number of non-ortho nitro benzene ring substituents is 1. The second-order valence-corrected chi connectivity index (χ2v) is 6.05. The van der Waals surface area contributed by atoms with Crippen LogP contribution >= 0.6 is 0 Å². The summed E-state index contributed by atoms with van der Waals surface area (Å²) >= 11 is 0. The number of nitro groups is 1. The molecular weight excluding hydrogens is 340 g/mol. The van der Waals surface area contributed by atoms with Gasteiger partial charge in [0.15, 0.2) is 0 Å². The van der Waals surface area contributed by atoms with Crippen molar-refractivity contribution in [1.29, 1.82) is 0 Å². The first kappa shape index (κ1) is 19.5. The molecule has 1 amide bonds. The normalized spacial score (nSPS) is 13.2. The molecule has 2 aromatic rings. The Kier molecular flexibility index (Phi) is 6.42. The number of hydrogen-bond donors (Lipinski definition) is 3. The van der Waals surface area contributed by atoms with Crippen LogP contribution in [0.5, 0.6) is 0 Å². The van der Waals surface area contributed by atoms with Crippen molar-refractivity contribution in [2.45, 2.75) is 39.0 Å². The van der Waals surface area contributed by atoms with Gasteiger partial charge in [-0.1, -0.05) is 0 Å². The molecule has 0 aliphatic carbocycles. The van der Waals surface area contributed by atoms with E-state index < -0.39 is 23.7 Å². The van der Waals surface area contributed by atoms with Crippen molar-refractivity contribution >= 4 is 11.6 Å². The Balaban J connectivity index is 1.95. The quantitative estimate of drug-likeness (QED) is 0.474. The highest BCUT2D eigenvalue weighted by Gasteiger charge is 2.23. The molecule has 2 unspecified atom stereocenters. The molecule has 1 heterocycles. The van der Waals surface area contributed by atoms with Gasteiger partial charge in [-0.3, -0.25) is 19.6 Å². The molecule has 26 heavy (non-hydrogen) atoms. The minimum absolute atomic E-state index is 0.101. The number of aryl methyl sites for hydroxylation is 3. The summed E-state index contributed by atoms with van der Waals surface area (Å²) in [5.74, 6) is -0.336. The lowest BCUT2D eigenvalue weighted by Crippen LogP contribution is -2.42. The number of aliphatic hydroxyl groups is 2. The fourth-order valence-electron chi connectivity index (χ4n) is 2.64. The highest BCUT2D eigenvalue weighted by molar-refractivity contribution is 5.76. The van der Waals surface area contributed by atoms with Crippen molar-refractivity contribution in [3.05, 3.63) is 57.4 Å². The highest BCUT2D eigenvalue weighted by atomic mass is 16.6. The largest absolute Gasteiger partial charge is 0.394 e. The van der Waals surface area contributed by atoms with Crippen LogP contribution in [0.4, 0.5) is 5.69 Å². The Hall–Kier alpha value is -2.78. The van der Waals surface area contributed by atoms with E-state index in [4.69, 9.17) is 0 Å². The van der Waals surface area contributed by atoms with E-state index in [1.54, 1.807) is 4.68 Å². The van der Waals surface area contributed by atoms with Crippen molar-refractivity contribution in [3.8, 4) is 0 Å². The van der Waals surface area contributed by atoms with E-state index in [0.717, 1.165) is 11.4 Å². The number of rotatable bonds is 8. The molecule has 1 aromatic carbocycles. The Morgan fingerprint density at radius 2 is 2.00 bits per heavy atom. The number of aliphatic hydroxyl groups excluding tert-OH is 2. The second kappa shape index (κ2) is 8.54. The average Bonchev–Trinajstić information content (AvgIpc) is 2.94. The molecule has 0 aliphatic heterocycles. The minimum Gasteiger partial charge on any atom is -0.394 e. The fourth-order valence-corrected chi connectivity index (χ4v) is 2.64. The van der Waals surface area contributed by atoms with E-state index in [1.807, 2.05) is 19.9 Å². The molecule has 0 saturated heterocycles. The van der Waals surface area contributed by atoms with Gasteiger partial charge in [0.05, 0.1) is 23.3 Å². The number of carbonyl (C=O) groups is 1. The van der Waals surface area contributed by atoms with Gasteiger partial charge in [-0.15, -0.1) is 0 Å². The molecule has 3 N–H and O–H groups in total. The number of nitrogens with one attached hydrogen (secondary N) is 1. The third kappa shape index (κ3) is 4.87. The first-order valence-corrected chi connectivity index (χ1v) is 8.15. The number of amides is 1. The van der Waals surface area contributed by atoms with E-state index in [2.05, 4.69) is 10.4 Å². The van der Waals surface area contributed by atoms with Crippen molar-refractivity contribution in [3.63, 3.8) is 0 Å². The van der Waals surface area contributed by atoms with Crippen LogP contribution in [0.25, 0.3) is 0 Å². The minimum atomic E-state index is -1.18. The summed E-state index contributed by atoms with van der Waals surface area (Å²) in [5, 5.41) is 37.3. The van der Waals surface area contributed by atoms with Gasteiger partial charge in [0, 0.05) is 30.8 Å². The van der Waals surface area contributed by atoms with Gasteiger partial charge < -0.3 is 15.5 Å². The maximum absolute atomic E-state index is 12.1. The van der Waals surface area contributed by atoms with Crippen molar-refractivity contribution in [2.75, 3.05) is 6.61 Å². The van der Waals surface area contributed by atoms with E-state index in [0.29, 0.717) is 12.1 Å². The predicted octanol–water partition coefficient (Wildman–Crippen LogP) is 1.01. The molecule has 0 spiro atoms. The van der Waals surface area contributed by atoms with Crippen LogP contribution in [0, 0.1) is 24.0 Å². The first-order valence-electron chi connectivity index (χ1n) is 8.15. The lowest BCUT2D eigenvalue weighted by atomic mass is 10.0. The van der Waals surface area contributed by atoms with Gasteiger partial charge in [-0.25, -0.2) is 0 Å². The van der Waals surface area contributed by atoms with E-state index in [9.17, 15) is 25.1 Å².